The molecule has 0 spiro atoms. The van der Waals surface area contributed by atoms with Gasteiger partial charge in [-0.15, -0.1) is 11.3 Å². The van der Waals surface area contributed by atoms with Crippen LogP contribution >= 0.6 is 11.3 Å². The first-order valence-corrected chi connectivity index (χ1v) is 6.29. The first-order chi connectivity index (χ1) is 7.70. The number of nitrogens with two attached hydrogens (primary N) is 1. The molecule has 1 aromatic heterocycles. The molecule has 1 aromatic rings. The van der Waals surface area contributed by atoms with E-state index < -0.39 is 0 Å². The number of hydrogen-bond donors (Lipinski definition) is 2. The van der Waals surface area contributed by atoms with Gasteiger partial charge in [-0.3, -0.25) is 9.69 Å². The van der Waals surface area contributed by atoms with Crippen molar-refractivity contribution in [3.05, 3.63) is 21.9 Å². The van der Waals surface area contributed by atoms with E-state index >= 15 is 0 Å². The summed E-state index contributed by atoms with van der Waals surface area (Å²) < 4.78 is 0. The van der Waals surface area contributed by atoms with Gasteiger partial charge in [-0.1, -0.05) is 0 Å². The van der Waals surface area contributed by atoms with Gasteiger partial charge in [0.25, 0.3) is 0 Å². The largest absolute Gasteiger partial charge is 0.354 e. The Morgan fingerprint density at radius 1 is 1.62 bits per heavy atom. The van der Waals surface area contributed by atoms with Gasteiger partial charge < -0.3 is 11.1 Å². The Hall–Kier alpha value is -0.910. The maximum Gasteiger partial charge on any atom is 0.234 e. The predicted octanol–water partition coefficient (Wildman–Crippen LogP) is 0.488. The third-order valence-corrected chi connectivity index (χ3v) is 3.92. The van der Waals surface area contributed by atoms with E-state index in [2.05, 4.69) is 29.3 Å². The number of rotatable bonds is 3. The van der Waals surface area contributed by atoms with Crippen molar-refractivity contribution in [3.63, 3.8) is 0 Å². The molecule has 88 valence electrons. The normalized spacial score (nSPS) is 19.5. The summed E-state index contributed by atoms with van der Waals surface area (Å²) in [5, 5.41) is 2.83. The lowest BCUT2D eigenvalue weighted by molar-refractivity contribution is -0.124. The van der Waals surface area contributed by atoms with Crippen molar-refractivity contribution in [1.29, 1.82) is 0 Å². The number of nitrogens with one attached hydrogen (secondary N) is 1. The monoisotopic (exact) mass is 239 g/mol. The van der Waals surface area contributed by atoms with Crippen LogP contribution in [0.4, 0.5) is 0 Å². The zero-order valence-electron chi connectivity index (χ0n) is 9.40. The fourth-order valence-electron chi connectivity index (χ4n) is 2.00. The van der Waals surface area contributed by atoms with Gasteiger partial charge in [0.05, 0.1) is 12.6 Å². The zero-order chi connectivity index (χ0) is 11.5. The molecule has 4 nitrogen and oxygen atoms in total. The minimum atomic E-state index is 0.0954. The smallest absolute Gasteiger partial charge is 0.234 e. The van der Waals surface area contributed by atoms with Gasteiger partial charge in [-0.05, 0) is 19.1 Å². The fraction of sp³-hybridized carbons (Fsp3) is 0.545. The van der Waals surface area contributed by atoms with E-state index in [1.807, 2.05) is 0 Å². The Morgan fingerprint density at radius 2 is 2.44 bits per heavy atom. The molecule has 1 amide bonds. The molecule has 2 heterocycles. The number of thiophene rings is 1. The number of hydrogen-bond acceptors (Lipinski definition) is 4. The molecule has 1 aliphatic heterocycles. The number of amides is 1. The highest BCUT2D eigenvalue weighted by Crippen LogP contribution is 2.26. The average Bonchev–Trinajstić information content (AvgIpc) is 2.66. The highest BCUT2D eigenvalue weighted by molar-refractivity contribution is 7.12. The van der Waals surface area contributed by atoms with Crippen LogP contribution < -0.4 is 11.1 Å². The predicted molar refractivity (Wildman–Crippen MR) is 65.4 cm³/mol. The molecule has 3 N–H and O–H groups in total. The number of aryl methyl sites for hydroxylation is 1. The van der Waals surface area contributed by atoms with Gasteiger partial charge in [0.15, 0.2) is 0 Å². The van der Waals surface area contributed by atoms with Gasteiger partial charge in [0.2, 0.25) is 5.91 Å². The maximum absolute atomic E-state index is 11.3. The van der Waals surface area contributed by atoms with Crippen molar-refractivity contribution in [2.75, 3.05) is 26.2 Å². The Bertz CT molecular complexity index is 377. The Balaban J connectivity index is 2.12. The lowest BCUT2D eigenvalue weighted by atomic mass is 10.2. The second-order valence-electron chi connectivity index (χ2n) is 4.02. The molecule has 5 heteroatoms. The third-order valence-electron chi connectivity index (χ3n) is 2.82. The molecule has 1 fully saturated rings. The molecule has 16 heavy (non-hydrogen) atoms. The second-order valence-corrected chi connectivity index (χ2v) is 5.34. The molecule has 2 rings (SSSR count). The van der Waals surface area contributed by atoms with E-state index in [4.69, 9.17) is 5.73 Å². The van der Waals surface area contributed by atoms with Gasteiger partial charge in [-0.25, -0.2) is 0 Å². The van der Waals surface area contributed by atoms with Crippen molar-refractivity contribution in [2.45, 2.75) is 13.0 Å². The highest BCUT2D eigenvalue weighted by atomic mass is 32.1. The molecule has 1 atom stereocenters. The van der Waals surface area contributed by atoms with Gasteiger partial charge >= 0.3 is 0 Å². The van der Waals surface area contributed by atoms with E-state index in [1.165, 1.54) is 9.75 Å². The van der Waals surface area contributed by atoms with Crippen LogP contribution in [-0.2, 0) is 4.79 Å². The van der Waals surface area contributed by atoms with Crippen LogP contribution in [0.1, 0.15) is 15.8 Å². The summed E-state index contributed by atoms with van der Waals surface area (Å²) in [5.41, 5.74) is 5.82. The minimum Gasteiger partial charge on any atom is -0.354 e. The van der Waals surface area contributed by atoms with Crippen molar-refractivity contribution >= 4 is 17.2 Å². The van der Waals surface area contributed by atoms with Crippen LogP contribution in [0, 0.1) is 6.92 Å². The summed E-state index contributed by atoms with van der Waals surface area (Å²) in [6, 6.07) is 4.40. The molecular formula is C11H17N3OS. The molecule has 0 aromatic carbocycles. The molecule has 1 saturated heterocycles. The fourth-order valence-corrected chi connectivity index (χ4v) is 3.03. The van der Waals surface area contributed by atoms with E-state index in [1.54, 1.807) is 11.3 Å². The summed E-state index contributed by atoms with van der Waals surface area (Å²) >= 11 is 1.76. The van der Waals surface area contributed by atoms with Crippen LogP contribution in [0.15, 0.2) is 12.1 Å². The lowest BCUT2D eigenvalue weighted by Crippen LogP contribution is -2.50. The molecule has 1 aliphatic rings. The number of carbonyl (C=O) groups excluding carboxylic acids is 1. The number of carbonyl (C=O) groups is 1. The van der Waals surface area contributed by atoms with E-state index in [0.29, 0.717) is 13.1 Å². The summed E-state index contributed by atoms with van der Waals surface area (Å²) in [7, 11) is 0. The van der Waals surface area contributed by atoms with Crippen LogP contribution in [0.5, 0.6) is 0 Å². The first-order valence-electron chi connectivity index (χ1n) is 5.48. The summed E-state index contributed by atoms with van der Waals surface area (Å²) in [5.74, 6) is 0.0954. The quantitative estimate of drug-likeness (QED) is 0.807. The van der Waals surface area contributed by atoms with Crippen molar-refractivity contribution in [2.24, 2.45) is 5.73 Å². The van der Waals surface area contributed by atoms with Crippen LogP contribution in [0.25, 0.3) is 0 Å². The van der Waals surface area contributed by atoms with Gasteiger partial charge in [0, 0.05) is 29.4 Å². The molecule has 0 aliphatic carbocycles. The van der Waals surface area contributed by atoms with Gasteiger partial charge in [-0.2, -0.15) is 0 Å². The summed E-state index contributed by atoms with van der Waals surface area (Å²) in [6.07, 6.45) is 0. The molecular weight excluding hydrogens is 222 g/mol. The highest BCUT2D eigenvalue weighted by Gasteiger charge is 2.25. The third kappa shape index (κ3) is 2.42. The Kier molecular flexibility index (Phi) is 3.58. The molecule has 0 saturated carbocycles. The van der Waals surface area contributed by atoms with Crippen LogP contribution in [0.3, 0.4) is 0 Å². The van der Waals surface area contributed by atoms with Crippen LogP contribution in [0.2, 0.25) is 0 Å². The zero-order valence-corrected chi connectivity index (χ0v) is 10.2. The maximum atomic E-state index is 11.3. The molecule has 0 radical (unpaired) electrons. The SMILES string of the molecule is Cc1ccc(C(CN)N2CCNC(=O)C2)s1. The molecule has 1 unspecified atom stereocenters. The molecule has 0 bridgehead atoms. The van der Waals surface area contributed by atoms with Gasteiger partial charge in [0.1, 0.15) is 0 Å². The second kappa shape index (κ2) is 4.95. The summed E-state index contributed by atoms with van der Waals surface area (Å²) in [4.78, 5) is 16.0. The topological polar surface area (TPSA) is 58.4 Å². The van der Waals surface area contributed by atoms with Crippen LogP contribution in [-0.4, -0.2) is 37.0 Å². The first kappa shape index (κ1) is 11.6. The minimum absolute atomic E-state index is 0.0954. The van der Waals surface area contributed by atoms with Crippen molar-refractivity contribution < 1.29 is 4.79 Å². The van der Waals surface area contributed by atoms with Crippen molar-refractivity contribution in [1.82, 2.24) is 10.2 Å². The number of piperazine rings is 1. The number of nitrogens with zero attached hydrogens (tertiary/aromatic N) is 1. The van der Waals surface area contributed by atoms with E-state index in [-0.39, 0.29) is 11.9 Å². The standard InChI is InChI=1S/C11H17N3OS/c1-8-2-3-10(16-8)9(6-12)14-5-4-13-11(15)7-14/h2-3,9H,4-7,12H2,1H3,(H,13,15). The van der Waals surface area contributed by atoms with Crippen molar-refractivity contribution in [3.8, 4) is 0 Å². The summed E-state index contributed by atoms with van der Waals surface area (Å²) in [6.45, 7) is 4.71. The average molecular weight is 239 g/mol. The van der Waals surface area contributed by atoms with E-state index in [0.717, 1.165) is 13.1 Å². The lowest BCUT2D eigenvalue weighted by Gasteiger charge is -2.32. The Labute approximate surface area is 99.4 Å². The Morgan fingerprint density at radius 3 is 3.00 bits per heavy atom. The van der Waals surface area contributed by atoms with E-state index in [9.17, 15) is 4.79 Å².